The molecule has 2 heterocycles. The molecule has 1 fully saturated rings. The van der Waals surface area contributed by atoms with Crippen molar-refractivity contribution in [1.82, 2.24) is 4.90 Å². The Labute approximate surface area is 200 Å². The van der Waals surface area contributed by atoms with Gasteiger partial charge in [-0.25, -0.2) is 4.98 Å². The molecule has 3 aromatic rings. The van der Waals surface area contributed by atoms with Crippen LogP contribution >= 0.6 is 15.9 Å². The number of nitrogens with zero attached hydrogens (tertiary/aromatic N) is 1. The van der Waals surface area contributed by atoms with Crippen LogP contribution in [0.4, 0.5) is 0 Å². The second-order valence-corrected chi connectivity index (χ2v) is 8.98. The maximum absolute atomic E-state index is 13.5. The first-order valence-corrected chi connectivity index (χ1v) is 11.4. The number of ketones is 1. The fourth-order valence-electron chi connectivity index (χ4n) is 3.86. The molecule has 0 aliphatic carbocycles. The molecule has 4 rings (SSSR count). The summed E-state index contributed by atoms with van der Waals surface area (Å²) in [6.07, 6.45) is 3.53. The fourth-order valence-corrected chi connectivity index (χ4v) is 4.13. The number of hydrogen-bond donors (Lipinski definition) is 0. The molecule has 2 aromatic carbocycles. The van der Waals surface area contributed by atoms with Gasteiger partial charge in [-0.15, -0.1) is 0 Å². The SMILES string of the molecule is CC(C)Oc1ccc(C([O-])=C2C(=O)C(=O)N(Cc3ccc[nH+]c3)C2c2ccc(Br)cc2)cc1. The molecule has 0 radical (unpaired) electrons. The van der Waals surface area contributed by atoms with Crippen LogP contribution in [0.2, 0.25) is 0 Å². The number of halogens is 1. The number of hydrogen-bond acceptors (Lipinski definition) is 4. The molecule has 0 bridgehead atoms. The zero-order valence-corrected chi connectivity index (χ0v) is 19.8. The number of likely N-dealkylation sites (tertiary alicyclic amines) is 1. The summed E-state index contributed by atoms with van der Waals surface area (Å²) in [5.74, 6) is -1.28. The summed E-state index contributed by atoms with van der Waals surface area (Å²) in [5, 5.41) is 13.5. The van der Waals surface area contributed by atoms with E-state index in [1.165, 1.54) is 4.90 Å². The Bertz CT molecular complexity index is 1190. The van der Waals surface area contributed by atoms with Gasteiger partial charge in [-0.3, -0.25) is 9.59 Å². The maximum Gasteiger partial charge on any atom is 0.295 e. The number of Topliss-reactive ketones (excluding diaryl/α,β-unsaturated/α-hetero) is 1. The van der Waals surface area contributed by atoms with E-state index in [9.17, 15) is 14.7 Å². The first kappa shape index (κ1) is 22.7. The molecule has 33 heavy (non-hydrogen) atoms. The van der Waals surface area contributed by atoms with Crippen LogP contribution in [0.3, 0.4) is 0 Å². The largest absolute Gasteiger partial charge is 0.872 e. The topological polar surface area (TPSA) is 83.8 Å². The molecule has 168 valence electrons. The van der Waals surface area contributed by atoms with Crippen molar-refractivity contribution < 1.29 is 24.4 Å². The number of carbonyl (C=O) groups excluding carboxylic acids is 2. The van der Waals surface area contributed by atoms with Gasteiger partial charge in [0.25, 0.3) is 5.91 Å². The van der Waals surface area contributed by atoms with Crippen LogP contribution in [0, 0.1) is 0 Å². The van der Waals surface area contributed by atoms with Crippen molar-refractivity contribution in [2.24, 2.45) is 0 Å². The van der Waals surface area contributed by atoms with E-state index in [2.05, 4.69) is 20.9 Å². The summed E-state index contributed by atoms with van der Waals surface area (Å²) in [4.78, 5) is 30.6. The number of rotatable bonds is 6. The monoisotopic (exact) mass is 506 g/mol. The van der Waals surface area contributed by atoms with E-state index in [-0.39, 0.29) is 18.2 Å². The second-order valence-electron chi connectivity index (χ2n) is 8.06. The summed E-state index contributed by atoms with van der Waals surface area (Å²) in [6.45, 7) is 4.03. The fraction of sp³-hybridized carbons (Fsp3) is 0.192. The predicted molar refractivity (Wildman–Crippen MR) is 125 cm³/mol. The van der Waals surface area contributed by atoms with Gasteiger partial charge >= 0.3 is 0 Å². The third-order valence-corrected chi connectivity index (χ3v) is 5.86. The van der Waals surface area contributed by atoms with Crippen LogP contribution in [0.15, 0.2) is 83.1 Å². The number of aromatic nitrogens is 1. The van der Waals surface area contributed by atoms with E-state index < -0.39 is 23.5 Å². The van der Waals surface area contributed by atoms with Crippen molar-refractivity contribution >= 4 is 33.4 Å². The summed E-state index contributed by atoms with van der Waals surface area (Å²) in [5.41, 5.74) is 1.81. The van der Waals surface area contributed by atoms with E-state index in [4.69, 9.17) is 4.74 Å². The zero-order chi connectivity index (χ0) is 23.5. The second kappa shape index (κ2) is 9.58. The van der Waals surface area contributed by atoms with E-state index in [0.29, 0.717) is 16.9 Å². The Balaban J connectivity index is 1.79. The number of carbonyl (C=O) groups is 2. The molecule has 1 saturated heterocycles. The van der Waals surface area contributed by atoms with Crippen LogP contribution in [0.5, 0.6) is 5.75 Å². The van der Waals surface area contributed by atoms with Gasteiger partial charge in [0, 0.05) is 21.7 Å². The van der Waals surface area contributed by atoms with E-state index in [0.717, 1.165) is 10.0 Å². The van der Waals surface area contributed by atoms with Gasteiger partial charge in [-0.05, 0) is 55.3 Å². The number of benzene rings is 2. The van der Waals surface area contributed by atoms with Gasteiger partial charge < -0.3 is 14.7 Å². The average molecular weight is 507 g/mol. The maximum atomic E-state index is 13.5. The Kier molecular flexibility index (Phi) is 6.60. The Hall–Kier alpha value is -3.45. The number of pyridine rings is 1. The number of amides is 1. The van der Waals surface area contributed by atoms with Crippen LogP contribution in [0.25, 0.3) is 5.76 Å². The quantitative estimate of drug-likeness (QED) is 0.291. The smallest absolute Gasteiger partial charge is 0.295 e. The summed E-state index contributed by atoms with van der Waals surface area (Å²) < 4.78 is 6.50. The molecule has 1 aromatic heterocycles. The normalized spacial score (nSPS) is 17.6. The minimum Gasteiger partial charge on any atom is -0.872 e. The highest BCUT2D eigenvalue weighted by atomic mass is 79.9. The van der Waals surface area contributed by atoms with Gasteiger partial charge in [0.05, 0.1) is 18.7 Å². The lowest BCUT2D eigenvalue weighted by molar-refractivity contribution is -0.378. The molecule has 1 aliphatic rings. The molecule has 1 N–H and O–H groups in total. The van der Waals surface area contributed by atoms with Crippen molar-refractivity contribution in [3.05, 3.63) is 99.8 Å². The molecule has 6 nitrogen and oxygen atoms in total. The summed E-state index contributed by atoms with van der Waals surface area (Å²) in [6, 6.07) is 16.8. The number of aromatic amines is 1. The highest BCUT2D eigenvalue weighted by Crippen LogP contribution is 2.40. The summed E-state index contributed by atoms with van der Waals surface area (Å²) in [7, 11) is 0. The van der Waals surface area contributed by atoms with E-state index in [1.54, 1.807) is 36.7 Å². The van der Waals surface area contributed by atoms with Crippen molar-refractivity contribution in [2.75, 3.05) is 0 Å². The number of ether oxygens (including phenoxy) is 1. The first-order valence-electron chi connectivity index (χ1n) is 10.6. The molecule has 0 saturated carbocycles. The lowest BCUT2D eigenvalue weighted by Gasteiger charge is -2.27. The molecule has 1 unspecified atom stereocenters. The van der Waals surface area contributed by atoms with Gasteiger partial charge in [-0.2, -0.15) is 0 Å². The van der Waals surface area contributed by atoms with Crippen LogP contribution in [0.1, 0.15) is 36.6 Å². The van der Waals surface area contributed by atoms with Gasteiger partial charge in [-0.1, -0.05) is 46.0 Å². The van der Waals surface area contributed by atoms with Crippen molar-refractivity contribution in [2.45, 2.75) is 32.5 Å². The molecule has 1 aliphatic heterocycles. The zero-order valence-electron chi connectivity index (χ0n) is 18.2. The average Bonchev–Trinajstić information content (AvgIpc) is 3.05. The first-order chi connectivity index (χ1) is 15.8. The molecular formula is C26H23BrN2O4. The van der Waals surface area contributed by atoms with Crippen molar-refractivity contribution in [3.8, 4) is 5.75 Å². The molecule has 1 amide bonds. The third-order valence-electron chi connectivity index (χ3n) is 5.33. The minimum absolute atomic E-state index is 0.000493. The molecule has 7 heteroatoms. The lowest BCUT2D eigenvalue weighted by Crippen LogP contribution is -2.29. The Morgan fingerprint density at radius 1 is 1.09 bits per heavy atom. The highest BCUT2D eigenvalue weighted by Gasteiger charge is 2.44. The third kappa shape index (κ3) is 4.83. The lowest BCUT2D eigenvalue weighted by atomic mass is 9.95. The molecular weight excluding hydrogens is 484 g/mol. The van der Waals surface area contributed by atoms with Gasteiger partial charge in [0.15, 0.2) is 12.4 Å². The van der Waals surface area contributed by atoms with Crippen molar-refractivity contribution in [3.63, 3.8) is 0 Å². The Morgan fingerprint density at radius 3 is 2.39 bits per heavy atom. The minimum atomic E-state index is -0.780. The molecule has 1 atom stereocenters. The van der Waals surface area contributed by atoms with Crippen LogP contribution < -0.4 is 14.8 Å². The molecule has 0 spiro atoms. The standard InChI is InChI=1S/C26H23BrN2O4/c1-16(2)33-21-11-7-19(8-12-21)24(30)22-23(18-5-9-20(27)10-6-18)29(26(32)25(22)31)15-17-4-3-13-28-14-17/h3-14,16,23,30H,15H2,1-2H3. The van der Waals surface area contributed by atoms with Crippen molar-refractivity contribution in [1.29, 1.82) is 0 Å². The van der Waals surface area contributed by atoms with Gasteiger partial charge in [0.1, 0.15) is 5.75 Å². The number of nitrogens with one attached hydrogen (secondary N) is 1. The summed E-state index contributed by atoms with van der Waals surface area (Å²) >= 11 is 3.41. The van der Waals surface area contributed by atoms with Crippen LogP contribution in [-0.2, 0) is 16.1 Å². The predicted octanol–water partition coefficient (Wildman–Crippen LogP) is 3.47. The Morgan fingerprint density at radius 2 is 1.79 bits per heavy atom. The van der Waals surface area contributed by atoms with Gasteiger partial charge in [0.2, 0.25) is 5.78 Å². The van der Waals surface area contributed by atoms with E-state index >= 15 is 0 Å². The number of H-pyrrole nitrogens is 1. The van der Waals surface area contributed by atoms with Crippen LogP contribution in [-0.4, -0.2) is 22.7 Å². The van der Waals surface area contributed by atoms with E-state index in [1.807, 2.05) is 50.2 Å². The highest BCUT2D eigenvalue weighted by molar-refractivity contribution is 9.10.